The molecule has 1 aliphatic heterocycles. The van der Waals surface area contributed by atoms with E-state index in [4.69, 9.17) is 5.73 Å². The van der Waals surface area contributed by atoms with Gasteiger partial charge in [0.05, 0.1) is 12.0 Å². The Balaban J connectivity index is 1.75. The number of rotatable bonds is 5. The fourth-order valence-corrected chi connectivity index (χ4v) is 2.57. The second kappa shape index (κ2) is 6.51. The number of nitrogens with one attached hydrogen (secondary N) is 3. The Kier molecular flexibility index (Phi) is 4.25. The first-order valence-corrected chi connectivity index (χ1v) is 7.41. The van der Waals surface area contributed by atoms with Crippen LogP contribution in [0, 0.1) is 0 Å². The van der Waals surface area contributed by atoms with E-state index in [-0.39, 0.29) is 29.8 Å². The molecule has 1 aliphatic rings. The number of aromatic nitrogens is 2. The molecule has 0 saturated carbocycles. The number of hydrogen-bond acceptors (Lipinski definition) is 8. The zero-order chi connectivity index (χ0) is 18.0. The first-order chi connectivity index (χ1) is 12.0. The molecule has 1 amide bonds. The minimum absolute atomic E-state index is 0.0130. The number of carbonyl (C=O) groups is 2. The van der Waals surface area contributed by atoms with Crippen molar-refractivity contribution < 1.29 is 14.7 Å². The van der Waals surface area contributed by atoms with Gasteiger partial charge in [-0.2, -0.15) is 4.98 Å². The summed E-state index contributed by atoms with van der Waals surface area (Å²) in [5.41, 5.74) is 5.89. The molecule has 10 heteroatoms. The molecule has 0 fully saturated rings. The highest BCUT2D eigenvalue weighted by molar-refractivity contribution is 5.87. The number of anilines is 4. The van der Waals surface area contributed by atoms with E-state index in [0.717, 1.165) is 0 Å². The lowest BCUT2D eigenvalue weighted by molar-refractivity contribution is -0.255. The number of amides is 1. The first-order valence-electron chi connectivity index (χ1n) is 7.41. The average Bonchev–Trinajstić information content (AvgIpc) is 2.60. The highest BCUT2D eigenvalue weighted by Gasteiger charge is 2.23. The SMILES string of the molecule is Nc1nc2c(c(=O)[nH]1)N[C@@H](CN(C=O)c1ccc(C(=O)[O-])cc1)CN2. The van der Waals surface area contributed by atoms with E-state index in [9.17, 15) is 19.5 Å². The first kappa shape index (κ1) is 16.3. The summed E-state index contributed by atoms with van der Waals surface area (Å²) in [5.74, 6) is -0.919. The molecule has 1 atom stereocenters. The smallest absolute Gasteiger partial charge is 0.277 e. The van der Waals surface area contributed by atoms with E-state index in [1.165, 1.54) is 29.2 Å². The minimum Gasteiger partial charge on any atom is -0.545 e. The van der Waals surface area contributed by atoms with Gasteiger partial charge in [0, 0.05) is 18.8 Å². The van der Waals surface area contributed by atoms with Gasteiger partial charge in [-0.25, -0.2) is 0 Å². The normalized spacial score (nSPS) is 15.4. The fraction of sp³-hybridized carbons (Fsp3) is 0.200. The van der Waals surface area contributed by atoms with Crippen LogP contribution in [-0.4, -0.2) is 41.5 Å². The summed E-state index contributed by atoms with van der Waals surface area (Å²) >= 11 is 0. The van der Waals surface area contributed by atoms with E-state index < -0.39 is 11.5 Å². The maximum atomic E-state index is 11.9. The van der Waals surface area contributed by atoms with Crippen molar-refractivity contribution in [2.45, 2.75) is 6.04 Å². The summed E-state index contributed by atoms with van der Waals surface area (Å²) in [6, 6.07) is 5.49. The van der Waals surface area contributed by atoms with Crippen LogP contribution < -0.4 is 31.9 Å². The van der Waals surface area contributed by atoms with Crippen molar-refractivity contribution in [1.29, 1.82) is 0 Å². The Morgan fingerprint density at radius 1 is 1.40 bits per heavy atom. The molecule has 0 radical (unpaired) electrons. The molecule has 0 aliphatic carbocycles. The van der Waals surface area contributed by atoms with Crippen LogP contribution in [-0.2, 0) is 4.79 Å². The Hall–Kier alpha value is -3.56. The summed E-state index contributed by atoms with van der Waals surface area (Å²) in [7, 11) is 0. The van der Waals surface area contributed by atoms with Crippen LogP contribution in [0.15, 0.2) is 29.1 Å². The summed E-state index contributed by atoms with van der Waals surface area (Å²) in [4.78, 5) is 41.9. The van der Waals surface area contributed by atoms with Gasteiger partial charge in [0.15, 0.2) is 5.82 Å². The maximum absolute atomic E-state index is 11.9. The zero-order valence-electron chi connectivity index (χ0n) is 13.0. The Morgan fingerprint density at radius 2 is 2.12 bits per heavy atom. The molecule has 5 N–H and O–H groups in total. The minimum atomic E-state index is -1.29. The number of nitrogen functional groups attached to an aromatic ring is 1. The van der Waals surface area contributed by atoms with Crippen LogP contribution in [0.25, 0.3) is 0 Å². The molecule has 0 bridgehead atoms. The molecule has 0 spiro atoms. The van der Waals surface area contributed by atoms with Crippen LogP contribution in [0.3, 0.4) is 0 Å². The van der Waals surface area contributed by atoms with Crippen LogP contribution in [0.2, 0.25) is 0 Å². The molecule has 130 valence electrons. The zero-order valence-corrected chi connectivity index (χ0v) is 13.0. The third-order valence-electron chi connectivity index (χ3n) is 3.78. The highest BCUT2D eigenvalue weighted by atomic mass is 16.4. The molecule has 1 aromatic carbocycles. The number of aromatic carboxylic acids is 1. The van der Waals surface area contributed by atoms with Gasteiger partial charge < -0.3 is 31.2 Å². The van der Waals surface area contributed by atoms with Gasteiger partial charge in [0.25, 0.3) is 5.56 Å². The number of carboxylic acid groups (broad SMARTS) is 1. The van der Waals surface area contributed by atoms with E-state index in [1.54, 1.807) is 0 Å². The van der Waals surface area contributed by atoms with Crippen molar-refractivity contribution in [2.75, 3.05) is 34.4 Å². The molecule has 1 aromatic heterocycles. The van der Waals surface area contributed by atoms with Crippen LogP contribution in [0.4, 0.5) is 23.1 Å². The third-order valence-corrected chi connectivity index (χ3v) is 3.78. The lowest BCUT2D eigenvalue weighted by Crippen LogP contribution is -2.44. The van der Waals surface area contributed by atoms with Gasteiger partial charge in [-0.1, -0.05) is 12.1 Å². The molecule has 25 heavy (non-hydrogen) atoms. The Labute approximate surface area is 141 Å². The number of hydrogen-bond donors (Lipinski definition) is 4. The molecule has 0 saturated heterocycles. The van der Waals surface area contributed by atoms with E-state index in [2.05, 4.69) is 20.6 Å². The van der Waals surface area contributed by atoms with Crippen molar-refractivity contribution in [3.8, 4) is 0 Å². The molecule has 0 unspecified atom stereocenters. The predicted octanol–water partition coefficient (Wildman–Crippen LogP) is -1.42. The average molecular weight is 343 g/mol. The van der Waals surface area contributed by atoms with Crippen molar-refractivity contribution in [1.82, 2.24) is 9.97 Å². The number of nitrogens with zero attached hydrogens (tertiary/aromatic N) is 2. The molecule has 2 heterocycles. The van der Waals surface area contributed by atoms with E-state index >= 15 is 0 Å². The van der Waals surface area contributed by atoms with Crippen LogP contribution >= 0.6 is 0 Å². The number of carbonyl (C=O) groups excluding carboxylic acids is 2. The van der Waals surface area contributed by atoms with Crippen molar-refractivity contribution in [3.05, 3.63) is 40.2 Å². The quantitative estimate of drug-likeness (QED) is 0.482. The predicted molar refractivity (Wildman–Crippen MR) is 89.4 cm³/mol. The van der Waals surface area contributed by atoms with Crippen LogP contribution in [0.5, 0.6) is 0 Å². The number of aromatic amines is 1. The maximum Gasteiger partial charge on any atom is 0.277 e. The molecule has 10 nitrogen and oxygen atoms in total. The standard InChI is InChI=1S/C15H16N6O4/c16-15-19-12-11(13(23)20-15)18-9(5-17-12)6-21(7-22)10-3-1-8(2-4-10)14(24)25/h1-4,7,9,18H,5-6H2,(H,24,25)(H4,16,17,19,20,23)/p-1/t9-/m1/s1. The molecule has 2 aromatic rings. The fourth-order valence-electron chi connectivity index (χ4n) is 2.57. The number of carboxylic acids is 1. The van der Waals surface area contributed by atoms with Crippen molar-refractivity contribution in [3.63, 3.8) is 0 Å². The van der Waals surface area contributed by atoms with Crippen molar-refractivity contribution >= 4 is 35.5 Å². The van der Waals surface area contributed by atoms with Gasteiger partial charge in [-0.3, -0.25) is 14.6 Å². The number of nitrogens with two attached hydrogens (primary N) is 1. The van der Waals surface area contributed by atoms with Crippen LogP contribution in [0.1, 0.15) is 10.4 Å². The lowest BCUT2D eigenvalue weighted by Gasteiger charge is -2.30. The topological polar surface area (TPSA) is 156 Å². The summed E-state index contributed by atoms with van der Waals surface area (Å²) in [6.07, 6.45) is 0.636. The summed E-state index contributed by atoms with van der Waals surface area (Å²) in [5, 5.41) is 16.8. The van der Waals surface area contributed by atoms with Gasteiger partial charge >= 0.3 is 0 Å². The second-order valence-electron chi connectivity index (χ2n) is 5.49. The second-order valence-corrected chi connectivity index (χ2v) is 5.49. The van der Waals surface area contributed by atoms with Gasteiger partial charge in [-0.05, 0) is 17.7 Å². The Bertz CT molecular complexity index is 863. The third kappa shape index (κ3) is 3.37. The highest BCUT2D eigenvalue weighted by Crippen LogP contribution is 2.21. The van der Waals surface area contributed by atoms with Gasteiger partial charge in [0.2, 0.25) is 12.4 Å². The van der Waals surface area contributed by atoms with E-state index in [0.29, 0.717) is 24.5 Å². The molecule has 3 rings (SSSR count). The van der Waals surface area contributed by atoms with E-state index in [1.807, 2.05) is 0 Å². The lowest BCUT2D eigenvalue weighted by atomic mass is 10.1. The van der Waals surface area contributed by atoms with Crippen molar-refractivity contribution in [2.24, 2.45) is 0 Å². The number of benzene rings is 1. The van der Waals surface area contributed by atoms with Gasteiger partial charge in [0.1, 0.15) is 5.69 Å². The molecular formula is C15H15N6O4-. The number of fused-ring (bicyclic) bond motifs is 1. The number of H-pyrrole nitrogens is 1. The summed E-state index contributed by atoms with van der Waals surface area (Å²) < 4.78 is 0. The Morgan fingerprint density at radius 3 is 2.76 bits per heavy atom. The van der Waals surface area contributed by atoms with Gasteiger partial charge in [-0.15, -0.1) is 0 Å². The largest absolute Gasteiger partial charge is 0.545 e. The summed E-state index contributed by atoms with van der Waals surface area (Å²) in [6.45, 7) is 0.675. The monoisotopic (exact) mass is 343 g/mol. The molecular weight excluding hydrogens is 328 g/mol.